The molecule has 0 saturated heterocycles. The smallest absolute Gasteiger partial charge is 0.259 e. The highest BCUT2D eigenvalue weighted by atomic mass is 16.5. The number of hydrogen-bond donors (Lipinski definition) is 1. The number of nitrogens with one attached hydrogen (secondary N) is 1. The molecule has 0 unspecified atom stereocenters. The quantitative estimate of drug-likeness (QED) is 0.903. The summed E-state index contributed by atoms with van der Waals surface area (Å²) >= 11 is 0. The van der Waals surface area contributed by atoms with Crippen LogP contribution in [0.25, 0.3) is 0 Å². The number of carbonyl (C=O) groups excluding carboxylic acids is 1. The summed E-state index contributed by atoms with van der Waals surface area (Å²) in [6, 6.07) is 0. The molecule has 0 aliphatic heterocycles. The summed E-state index contributed by atoms with van der Waals surface area (Å²) in [5.74, 6) is 1.24. The number of rotatable bonds is 4. The number of carbonyl (C=O) groups is 1. The van der Waals surface area contributed by atoms with Gasteiger partial charge in [0.15, 0.2) is 5.76 Å². The highest BCUT2D eigenvalue weighted by Crippen LogP contribution is 2.23. The average molecular weight is 263 g/mol. The van der Waals surface area contributed by atoms with Gasteiger partial charge >= 0.3 is 0 Å². The molecular formula is C12H17N5O2. The van der Waals surface area contributed by atoms with Gasteiger partial charge in [-0.3, -0.25) is 9.89 Å². The maximum atomic E-state index is 12.4. The van der Waals surface area contributed by atoms with Gasteiger partial charge < -0.3 is 9.42 Å². The fraction of sp³-hybridized carbons (Fsp3) is 0.500. The van der Waals surface area contributed by atoms with E-state index in [2.05, 4.69) is 20.3 Å². The van der Waals surface area contributed by atoms with Crippen LogP contribution in [0.5, 0.6) is 0 Å². The van der Waals surface area contributed by atoms with E-state index in [-0.39, 0.29) is 11.8 Å². The van der Waals surface area contributed by atoms with E-state index in [1.807, 2.05) is 13.8 Å². The van der Waals surface area contributed by atoms with Gasteiger partial charge in [0.25, 0.3) is 5.91 Å². The van der Waals surface area contributed by atoms with Crippen molar-refractivity contribution in [2.45, 2.75) is 33.2 Å². The van der Waals surface area contributed by atoms with Crippen LogP contribution in [0.3, 0.4) is 0 Å². The lowest BCUT2D eigenvalue weighted by molar-refractivity contribution is 0.0778. The summed E-state index contributed by atoms with van der Waals surface area (Å²) in [7, 11) is 1.71. The third-order valence-electron chi connectivity index (χ3n) is 2.83. The molecule has 0 aliphatic rings. The normalized spacial score (nSPS) is 11.0. The molecule has 0 fully saturated rings. The maximum Gasteiger partial charge on any atom is 0.259 e. The molecule has 1 amide bonds. The van der Waals surface area contributed by atoms with Crippen molar-refractivity contribution in [2.75, 3.05) is 7.05 Å². The van der Waals surface area contributed by atoms with Crippen molar-refractivity contribution in [3.63, 3.8) is 0 Å². The van der Waals surface area contributed by atoms with Crippen LogP contribution in [-0.4, -0.2) is 38.2 Å². The lowest BCUT2D eigenvalue weighted by Crippen LogP contribution is -2.28. The summed E-state index contributed by atoms with van der Waals surface area (Å²) in [6.45, 7) is 6.06. The Morgan fingerprint density at radius 1 is 1.53 bits per heavy atom. The molecule has 7 nitrogen and oxygen atoms in total. The number of nitrogens with zero attached hydrogens (tertiary/aromatic N) is 4. The van der Waals surface area contributed by atoms with Crippen molar-refractivity contribution in [3.05, 3.63) is 29.2 Å². The average Bonchev–Trinajstić information content (AvgIpc) is 2.97. The fourth-order valence-electron chi connectivity index (χ4n) is 1.84. The summed E-state index contributed by atoms with van der Waals surface area (Å²) in [5, 5.41) is 10.4. The Balaban J connectivity index is 2.21. The third-order valence-corrected chi connectivity index (χ3v) is 2.83. The lowest BCUT2D eigenvalue weighted by Gasteiger charge is -2.16. The highest BCUT2D eigenvalue weighted by Gasteiger charge is 2.25. The van der Waals surface area contributed by atoms with Crippen molar-refractivity contribution in [1.29, 1.82) is 0 Å². The minimum atomic E-state index is -0.126. The monoisotopic (exact) mass is 263 g/mol. The van der Waals surface area contributed by atoms with Crippen LogP contribution < -0.4 is 0 Å². The van der Waals surface area contributed by atoms with Gasteiger partial charge in [-0.1, -0.05) is 19.0 Å². The molecule has 0 aromatic carbocycles. The van der Waals surface area contributed by atoms with Crippen molar-refractivity contribution < 1.29 is 9.32 Å². The van der Waals surface area contributed by atoms with Crippen LogP contribution in [0.1, 0.15) is 47.4 Å². The van der Waals surface area contributed by atoms with Crippen LogP contribution in [0.15, 0.2) is 10.9 Å². The molecule has 1 N–H and O–H groups in total. The maximum absolute atomic E-state index is 12.4. The van der Waals surface area contributed by atoms with Gasteiger partial charge in [-0.2, -0.15) is 5.10 Å². The Morgan fingerprint density at radius 2 is 2.26 bits per heavy atom. The van der Waals surface area contributed by atoms with E-state index in [4.69, 9.17) is 4.52 Å². The topological polar surface area (TPSA) is 87.9 Å². The van der Waals surface area contributed by atoms with E-state index in [0.717, 1.165) is 0 Å². The van der Waals surface area contributed by atoms with E-state index < -0.39 is 0 Å². The zero-order valence-corrected chi connectivity index (χ0v) is 11.5. The molecule has 0 saturated carbocycles. The predicted molar refractivity (Wildman–Crippen MR) is 67.5 cm³/mol. The second-order valence-electron chi connectivity index (χ2n) is 4.76. The molecule has 2 heterocycles. The fourth-order valence-corrected chi connectivity index (χ4v) is 1.84. The molecule has 19 heavy (non-hydrogen) atoms. The van der Waals surface area contributed by atoms with Gasteiger partial charge in [-0.25, -0.2) is 4.98 Å². The molecule has 2 aromatic heterocycles. The Bertz CT molecular complexity index is 559. The first-order valence-electron chi connectivity index (χ1n) is 6.06. The molecule has 2 rings (SSSR count). The standard InChI is InChI=1S/C12H17N5O2/c1-7(2)11-10(8(3)16-19-11)12(18)17(4)5-9-13-6-14-15-9/h6-7H,5H2,1-4H3,(H,13,14,15). The number of H-pyrrole nitrogens is 1. The summed E-state index contributed by atoms with van der Waals surface area (Å²) in [6.07, 6.45) is 1.41. The minimum absolute atomic E-state index is 0.110. The van der Waals surface area contributed by atoms with Crippen molar-refractivity contribution in [1.82, 2.24) is 25.2 Å². The van der Waals surface area contributed by atoms with E-state index in [0.29, 0.717) is 29.4 Å². The summed E-state index contributed by atoms with van der Waals surface area (Å²) in [5.41, 5.74) is 1.15. The minimum Gasteiger partial charge on any atom is -0.360 e. The molecule has 0 radical (unpaired) electrons. The van der Waals surface area contributed by atoms with Gasteiger partial charge in [0, 0.05) is 13.0 Å². The van der Waals surface area contributed by atoms with Gasteiger partial charge in [-0.05, 0) is 6.92 Å². The zero-order chi connectivity index (χ0) is 14.0. The summed E-state index contributed by atoms with van der Waals surface area (Å²) in [4.78, 5) is 18.0. The number of aryl methyl sites for hydroxylation is 1. The number of hydrogen-bond acceptors (Lipinski definition) is 5. The van der Waals surface area contributed by atoms with Crippen LogP contribution in [0, 0.1) is 6.92 Å². The van der Waals surface area contributed by atoms with Gasteiger partial charge in [0.05, 0.1) is 12.2 Å². The molecule has 2 aromatic rings. The van der Waals surface area contributed by atoms with Gasteiger partial charge in [0.1, 0.15) is 17.7 Å². The first kappa shape index (κ1) is 13.3. The Kier molecular flexibility index (Phi) is 3.64. The van der Waals surface area contributed by atoms with Crippen molar-refractivity contribution in [3.8, 4) is 0 Å². The van der Waals surface area contributed by atoms with Crippen LogP contribution in [-0.2, 0) is 6.54 Å². The Labute approximate surface area is 111 Å². The first-order chi connectivity index (χ1) is 9.00. The summed E-state index contributed by atoms with van der Waals surface area (Å²) < 4.78 is 5.23. The van der Waals surface area contributed by atoms with Crippen LogP contribution >= 0.6 is 0 Å². The highest BCUT2D eigenvalue weighted by molar-refractivity contribution is 5.96. The number of aromatic amines is 1. The zero-order valence-electron chi connectivity index (χ0n) is 11.5. The van der Waals surface area contributed by atoms with Crippen molar-refractivity contribution in [2.24, 2.45) is 0 Å². The Morgan fingerprint density at radius 3 is 2.84 bits per heavy atom. The van der Waals surface area contributed by atoms with E-state index in [9.17, 15) is 4.79 Å². The number of amides is 1. The molecule has 102 valence electrons. The molecule has 0 bridgehead atoms. The number of aromatic nitrogens is 4. The lowest BCUT2D eigenvalue weighted by atomic mass is 10.0. The predicted octanol–water partition coefficient (Wildman–Crippen LogP) is 1.50. The van der Waals surface area contributed by atoms with Crippen LogP contribution in [0.4, 0.5) is 0 Å². The molecule has 0 spiro atoms. The first-order valence-corrected chi connectivity index (χ1v) is 6.06. The van der Waals surface area contributed by atoms with Gasteiger partial charge in [0.2, 0.25) is 0 Å². The van der Waals surface area contributed by atoms with E-state index in [1.165, 1.54) is 6.33 Å². The van der Waals surface area contributed by atoms with E-state index >= 15 is 0 Å². The van der Waals surface area contributed by atoms with Crippen LogP contribution in [0.2, 0.25) is 0 Å². The van der Waals surface area contributed by atoms with Crippen molar-refractivity contribution >= 4 is 5.91 Å². The van der Waals surface area contributed by atoms with E-state index in [1.54, 1.807) is 18.9 Å². The second-order valence-corrected chi connectivity index (χ2v) is 4.76. The van der Waals surface area contributed by atoms with Gasteiger partial charge in [-0.15, -0.1) is 0 Å². The molecule has 7 heteroatoms. The Hall–Kier alpha value is -2.18. The SMILES string of the molecule is Cc1noc(C(C)C)c1C(=O)N(C)Cc1ncn[nH]1. The molecule has 0 aliphatic carbocycles. The molecular weight excluding hydrogens is 246 g/mol. The largest absolute Gasteiger partial charge is 0.360 e. The molecule has 0 atom stereocenters. The third kappa shape index (κ3) is 2.64. The second kappa shape index (κ2) is 5.21.